The lowest BCUT2D eigenvalue weighted by Crippen LogP contribution is -2.37. The highest BCUT2D eigenvalue weighted by molar-refractivity contribution is 5.68. The third kappa shape index (κ3) is 7.26. The zero-order valence-electron chi connectivity index (χ0n) is 9.05. The van der Waals surface area contributed by atoms with E-state index in [4.69, 9.17) is 25.5 Å². The molecule has 6 heteroatoms. The van der Waals surface area contributed by atoms with Gasteiger partial charge in [0.05, 0.1) is 37.8 Å². The maximum Gasteiger partial charge on any atom is 0.305 e. The Hall–Kier alpha value is -0.690. The Balaban J connectivity index is 0. The van der Waals surface area contributed by atoms with Crippen molar-refractivity contribution in [2.75, 3.05) is 26.4 Å². The van der Waals surface area contributed by atoms with Crippen LogP contribution in [-0.4, -0.2) is 57.9 Å². The normalized spacial score (nSPS) is 10.9. The van der Waals surface area contributed by atoms with Crippen LogP contribution in [0.4, 0.5) is 0 Å². The highest BCUT2D eigenvalue weighted by Gasteiger charge is 2.26. The molecule has 0 fully saturated rings. The lowest BCUT2D eigenvalue weighted by Gasteiger charge is -2.23. The molecule has 0 radical (unpaired) electrons. The number of aliphatic carboxylic acids is 1. The second-order valence-corrected chi connectivity index (χ2v) is 3.63. The summed E-state index contributed by atoms with van der Waals surface area (Å²) in [4.78, 5) is 9.70. The van der Waals surface area contributed by atoms with E-state index in [2.05, 4.69) is 0 Å². The summed E-state index contributed by atoms with van der Waals surface area (Å²) in [6.07, 6.45) is 0. The van der Waals surface area contributed by atoms with E-state index in [-0.39, 0.29) is 5.92 Å². The molecular formula is C9H20O6. The molecule has 0 aliphatic carbocycles. The summed E-state index contributed by atoms with van der Waals surface area (Å²) in [7, 11) is 0. The van der Waals surface area contributed by atoms with Crippen LogP contribution in [0.15, 0.2) is 0 Å². The molecule has 0 aliphatic heterocycles. The largest absolute Gasteiger partial charge is 0.481 e. The Bertz CT molecular complexity index is 146. The van der Waals surface area contributed by atoms with Crippen LogP contribution in [0.3, 0.4) is 0 Å². The first-order chi connectivity index (χ1) is 6.89. The number of rotatable bonds is 5. The molecule has 0 aromatic rings. The molecule has 15 heavy (non-hydrogen) atoms. The molecule has 0 atom stereocenters. The number of aliphatic hydroxyl groups excluding tert-OH is 4. The highest BCUT2D eigenvalue weighted by atomic mass is 16.4. The van der Waals surface area contributed by atoms with Gasteiger partial charge in [-0.15, -0.1) is 0 Å². The second kappa shape index (κ2) is 8.60. The van der Waals surface area contributed by atoms with Gasteiger partial charge in [0.1, 0.15) is 0 Å². The Morgan fingerprint density at radius 1 is 1.00 bits per heavy atom. The third-order valence-corrected chi connectivity index (χ3v) is 1.84. The van der Waals surface area contributed by atoms with Gasteiger partial charge in [0, 0.05) is 0 Å². The molecule has 0 aromatic heterocycles. The smallest absolute Gasteiger partial charge is 0.305 e. The van der Waals surface area contributed by atoms with Gasteiger partial charge in [-0.05, 0) is 0 Å². The number of aliphatic hydroxyl groups is 4. The van der Waals surface area contributed by atoms with Crippen molar-refractivity contribution in [3.8, 4) is 0 Å². The van der Waals surface area contributed by atoms with Gasteiger partial charge in [-0.25, -0.2) is 0 Å². The van der Waals surface area contributed by atoms with E-state index in [1.807, 2.05) is 0 Å². The van der Waals surface area contributed by atoms with Crippen molar-refractivity contribution in [1.29, 1.82) is 0 Å². The minimum atomic E-state index is -1.11. The predicted octanol–water partition coefficient (Wildman–Crippen LogP) is -1.33. The summed E-state index contributed by atoms with van der Waals surface area (Å²) in [5.74, 6) is -0.972. The van der Waals surface area contributed by atoms with Crippen molar-refractivity contribution in [3.05, 3.63) is 0 Å². The summed E-state index contributed by atoms with van der Waals surface area (Å²) in [6, 6.07) is 0. The Kier molecular flexibility index (Phi) is 9.60. The molecule has 6 nitrogen and oxygen atoms in total. The molecule has 0 unspecified atom stereocenters. The predicted molar refractivity (Wildman–Crippen MR) is 53.3 cm³/mol. The fraction of sp³-hybridized carbons (Fsp3) is 0.889. The van der Waals surface area contributed by atoms with Crippen molar-refractivity contribution in [2.24, 2.45) is 11.3 Å². The van der Waals surface area contributed by atoms with E-state index in [0.29, 0.717) is 0 Å². The topological polar surface area (TPSA) is 118 Å². The lowest BCUT2D eigenvalue weighted by molar-refractivity contribution is -0.140. The van der Waals surface area contributed by atoms with Crippen LogP contribution < -0.4 is 0 Å². The summed E-state index contributed by atoms with van der Waals surface area (Å²) < 4.78 is 0. The SMILES string of the molecule is CC(C)C(=O)O.OCC(CO)(CO)CO. The molecule has 0 amide bonds. The highest BCUT2D eigenvalue weighted by Crippen LogP contribution is 2.11. The van der Waals surface area contributed by atoms with Gasteiger partial charge in [-0.2, -0.15) is 0 Å². The van der Waals surface area contributed by atoms with Crippen LogP contribution in [-0.2, 0) is 4.79 Å². The minimum Gasteiger partial charge on any atom is -0.481 e. The van der Waals surface area contributed by atoms with Gasteiger partial charge >= 0.3 is 5.97 Å². The van der Waals surface area contributed by atoms with E-state index in [1.165, 1.54) is 0 Å². The summed E-state index contributed by atoms with van der Waals surface area (Å²) in [6.45, 7) is 1.66. The summed E-state index contributed by atoms with van der Waals surface area (Å²) in [5.41, 5.74) is -1.11. The Morgan fingerprint density at radius 2 is 1.20 bits per heavy atom. The maximum atomic E-state index is 9.70. The first-order valence-electron chi connectivity index (χ1n) is 4.55. The quantitative estimate of drug-likeness (QED) is 0.395. The monoisotopic (exact) mass is 224 g/mol. The fourth-order valence-electron chi connectivity index (χ4n) is 0.300. The number of carboxylic acid groups (broad SMARTS) is 1. The molecule has 0 spiro atoms. The zero-order chi connectivity index (χ0) is 12.5. The summed E-state index contributed by atoms with van der Waals surface area (Å²) in [5, 5.41) is 42.0. The Labute approximate surface area is 88.8 Å². The van der Waals surface area contributed by atoms with Gasteiger partial charge in [0.2, 0.25) is 0 Å². The molecule has 0 heterocycles. The summed E-state index contributed by atoms with van der Waals surface area (Å²) >= 11 is 0. The van der Waals surface area contributed by atoms with E-state index in [0.717, 1.165) is 0 Å². The lowest BCUT2D eigenvalue weighted by atomic mass is 9.93. The van der Waals surface area contributed by atoms with Crippen LogP contribution in [0.5, 0.6) is 0 Å². The molecule has 0 saturated heterocycles. The fourth-order valence-corrected chi connectivity index (χ4v) is 0.300. The number of carboxylic acids is 1. The van der Waals surface area contributed by atoms with Crippen molar-refractivity contribution in [2.45, 2.75) is 13.8 Å². The standard InChI is InChI=1S/C5H12O4.C4H8O2/c6-1-5(2-7,3-8)4-9;1-3(2)4(5)6/h6-9H,1-4H2;3H,1-2H3,(H,5,6). The molecule has 0 aliphatic rings. The van der Waals surface area contributed by atoms with Gasteiger partial charge in [0.15, 0.2) is 0 Å². The number of hydrogen-bond acceptors (Lipinski definition) is 5. The third-order valence-electron chi connectivity index (χ3n) is 1.84. The number of carbonyl (C=O) groups is 1. The van der Waals surface area contributed by atoms with E-state index >= 15 is 0 Å². The van der Waals surface area contributed by atoms with Gasteiger partial charge in [-0.3, -0.25) is 4.79 Å². The molecule has 92 valence electrons. The average molecular weight is 224 g/mol. The van der Waals surface area contributed by atoms with Crippen LogP contribution in [0, 0.1) is 11.3 Å². The van der Waals surface area contributed by atoms with Crippen LogP contribution in [0.2, 0.25) is 0 Å². The first kappa shape index (κ1) is 16.7. The molecule has 0 aromatic carbocycles. The molecule has 0 saturated carbocycles. The second-order valence-electron chi connectivity index (χ2n) is 3.63. The Morgan fingerprint density at radius 3 is 1.20 bits per heavy atom. The van der Waals surface area contributed by atoms with Crippen molar-refractivity contribution < 1.29 is 30.3 Å². The van der Waals surface area contributed by atoms with Gasteiger partial charge < -0.3 is 25.5 Å². The maximum absolute atomic E-state index is 9.70. The van der Waals surface area contributed by atoms with Gasteiger partial charge in [0.25, 0.3) is 0 Å². The molecule has 5 N–H and O–H groups in total. The van der Waals surface area contributed by atoms with Crippen LogP contribution in [0.25, 0.3) is 0 Å². The van der Waals surface area contributed by atoms with Gasteiger partial charge in [-0.1, -0.05) is 13.8 Å². The zero-order valence-corrected chi connectivity index (χ0v) is 9.05. The molecule has 0 bridgehead atoms. The van der Waals surface area contributed by atoms with E-state index < -0.39 is 37.8 Å². The number of hydrogen-bond donors (Lipinski definition) is 5. The van der Waals surface area contributed by atoms with Crippen molar-refractivity contribution in [3.63, 3.8) is 0 Å². The molecule has 0 rings (SSSR count). The van der Waals surface area contributed by atoms with E-state index in [9.17, 15) is 4.79 Å². The molecular weight excluding hydrogens is 204 g/mol. The van der Waals surface area contributed by atoms with E-state index in [1.54, 1.807) is 13.8 Å². The van der Waals surface area contributed by atoms with Crippen molar-refractivity contribution in [1.82, 2.24) is 0 Å². The minimum absolute atomic E-state index is 0.231. The van der Waals surface area contributed by atoms with Crippen molar-refractivity contribution >= 4 is 5.97 Å². The van der Waals surface area contributed by atoms with Crippen LogP contribution in [0.1, 0.15) is 13.8 Å². The van der Waals surface area contributed by atoms with Crippen LogP contribution >= 0.6 is 0 Å². The average Bonchev–Trinajstić information content (AvgIpc) is 2.23. The first-order valence-corrected chi connectivity index (χ1v) is 4.55.